The number of carbonyl (C=O) groups excluding carboxylic acids is 1. The molecule has 0 aromatic heterocycles. The number of amides is 1. The van der Waals surface area contributed by atoms with Gasteiger partial charge in [0.05, 0.1) is 18.1 Å². The van der Waals surface area contributed by atoms with Crippen molar-refractivity contribution < 1.29 is 14.5 Å². The van der Waals surface area contributed by atoms with Crippen LogP contribution in [0, 0.1) is 10.1 Å². The molecule has 0 spiro atoms. The van der Waals surface area contributed by atoms with Gasteiger partial charge in [-0.15, -0.1) is 0 Å². The molecule has 7 heteroatoms. The number of nitro groups is 1. The van der Waals surface area contributed by atoms with Gasteiger partial charge in [-0.2, -0.15) is 0 Å². The summed E-state index contributed by atoms with van der Waals surface area (Å²) in [5, 5.41) is 14.2. The Hall–Kier alpha value is -2.31. The quantitative estimate of drug-likeness (QED) is 0.679. The summed E-state index contributed by atoms with van der Waals surface area (Å²) in [4.78, 5) is 24.7. The average Bonchev–Trinajstić information content (AvgIpc) is 2.54. The largest absolute Gasteiger partial charge is 0.487 e. The first kappa shape index (κ1) is 15.6. The monoisotopic (exact) mass is 319 g/mol. The van der Waals surface area contributed by atoms with Gasteiger partial charge in [-0.05, 0) is 25.8 Å². The van der Waals surface area contributed by atoms with E-state index in [4.69, 9.17) is 4.74 Å². The molecular formula is C16H21N3O4. The SMILES string of the molecule is CCOc1cc(N2CC(=O)NC3CCCCC32)ccc1[N+](=O)[O-]. The zero-order valence-corrected chi connectivity index (χ0v) is 13.2. The van der Waals surface area contributed by atoms with Crippen LogP contribution in [-0.4, -0.2) is 36.1 Å². The summed E-state index contributed by atoms with van der Waals surface area (Å²) in [5.41, 5.74) is 0.767. The molecule has 1 aliphatic heterocycles. The van der Waals surface area contributed by atoms with Crippen molar-refractivity contribution in [3.8, 4) is 5.75 Å². The van der Waals surface area contributed by atoms with Gasteiger partial charge in [0.1, 0.15) is 0 Å². The van der Waals surface area contributed by atoms with Crippen LogP contribution in [0.1, 0.15) is 32.6 Å². The van der Waals surface area contributed by atoms with Gasteiger partial charge in [0.15, 0.2) is 5.75 Å². The first-order valence-electron chi connectivity index (χ1n) is 8.07. The Labute approximate surface area is 134 Å². The lowest BCUT2D eigenvalue weighted by atomic mass is 9.87. The summed E-state index contributed by atoms with van der Waals surface area (Å²) in [6, 6.07) is 5.27. The molecule has 1 aromatic carbocycles. The Morgan fingerprint density at radius 2 is 2.17 bits per heavy atom. The van der Waals surface area contributed by atoms with Gasteiger partial charge < -0.3 is 15.0 Å². The van der Waals surface area contributed by atoms with Gasteiger partial charge in [0, 0.05) is 29.9 Å². The Morgan fingerprint density at radius 3 is 2.91 bits per heavy atom. The van der Waals surface area contributed by atoms with Crippen molar-refractivity contribution >= 4 is 17.3 Å². The number of fused-ring (bicyclic) bond motifs is 1. The zero-order chi connectivity index (χ0) is 16.4. The minimum Gasteiger partial charge on any atom is -0.487 e. The lowest BCUT2D eigenvalue weighted by Gasteiger charge is -2.45. The molecular weight excluding hydrogens is 298 g/mol. The number of rotatable bonds is 4. The van der Waals surface area contributed by atoms with Crippen LogP contribution in [0.25, 0.3) is 0 Å². The van der Waals surface area contributed by atoms with Crippen LogP contribution in [0.5, 0.6) is 5.75 Å². The maximum atomic E-state index is 12.0. The minimum atomic E-state index is -0.443. The lowest BCUT2D eigenvalue weighted by molar-refractivity contribution is -0.385. The highest BCUT2D eigenvalue weighted by atomic mass is 16.6. The molecule has 2 fully saturated rings. The Morgan fingerprint density at radius 1 is 1.39 bits per heavy atom. The second-order valence-electron chi connectivity index (χ2n) is 6.00. The fourth-order valence-electron chi connectivity index (χ4n) is 3.56. The average molecular weight is 319 g/mol. The van der Waals surface area contributed by atoms with Crippen LogP contribution in [0.4, 0.5) is 11.4 Å². The molecule has 2 unspecified atom stereocenters. The summed E-state index contributed by atoms with van der Waals surface area (Å²) < 4.78 is 5.42. The number of nitrogens with one attached hydrogen (secondary N) is 1. The standard InChI is InChI=1S/C16H21N3O4/c1-2-23-15-9-11(7-8-14(15)19(21)22)18-10-16(20)17-12-5-3-4-6-13(12)18/h7-9,12-13H,2-6,10H2,1H3,(H,17,20). The molecule has 1 aromatic rings. The predicted molar refractivity (Wildman–Crippen MR) is 85.8 cm³/mol. The van der Waals surface area contributed by atoms with Crippen LogP contribution in [0.2, 0.25) is 0 Å². The molecule has 2 atom stereocenters. The van der Waals surface area contributed by atoms with Crippen molar-refractivity contribution in [2.75, 3.05) is 18.1 Å². The number of hydrogen-bond acceptors (Lipinski definition) is 5. The molecule has 1 N–H and O–H groups in total. The Bertz CT molecular complexity index is 619. The summed E-state index contributed by atoms with van der Waals surface area (Å²) in [6.45, 7) is 2.43. The third-order valence-corrected chi connectivity index (χ3v) is 4.56. The molecule has 1 aliphatic carbocycles. The highest BCUT2D eigenvalue weighted by Crippen LogP contribution is 2.35. The molecule has 1 saturated heterocycles. The van der Waals surface area contributed by atoms with Crippen molar-refractivity contribution in [3.63, 3.8) is 0 Å². The Kier molecular flexibility index (Phi) is 4.36. The van der Waals surface area contributed by atoms with Crippen molar-refractivity contribution in [2.24, 2.45) is 0 Å². The van der Waals surface area contributed by atoms with E-state index in [1.807, 2.05) is 0 Å². The van der Waals surface area contributed by atoms with Crippen molar-refractivity contribution in [3.05, 3.63) is 28.3 Å². The number of anilines is 1. The molecule has 7 nitrogen and oxygen atoms in total. The molecule has 0 radical (unpaired) electrons. The number of carbonyl (C=O) groups is 1. The minimum absolute atomic E-state index is 0.00413. The fourth-order valence-corrected chi connectivity index (χ4v) is 3.56. The maximum absolute atomic E-state index is 12.0. The number of nitro benzene ring substituents is 1. The lowest BCUT2D eigenvalue weighted by Crippen LogP contribution is -2.61. The van der Waals surface area contributed by atoms with Crippen LogP contribution >= 0.6 is 0 Å². The second-order valence-corrected chi connectivity index (χ2v) is 6.00. The van der Waals surface area contributed by atoms with E-state index in [2.05, 4.69) is 10.2 Å². The van der Waals surface area contributed by atoms with E-state index in [0.717, 1.165) is 31.4 Å². The number of benzene rings is 1. The highest BCUT2D eigenvalue weighted by molar-refractivity contribution is 5.84. The molecule has 124 valence electrons. The van der Waals surface area contributed by atoms with Crippen LogP contribution in [0.3, 0.4) is 0 Å². The van der Waals surface area contributed by atoms with Crippen molar-refractivity contribution in [1.82, 2.24) is 5.32 Å². The predicted octanol–water partition coefficient (Wildman–Crippen LogP) is 2.24. The molecule has 3 rings (SSSR count). The second kappa shape index (κ2) is 6.44. The summed E-state index contributed by atoms with van der Waals surface area (Å²) in [7, 11) is 0. The van der Waals surface area contributed by atoms with E-state index in [1.165, 1.54) is 6.07 Å². The molecule has 1 heterocycles. The summed E-state index contributed by atoms with van der Waals surface area (Å²) in [5.74, 6) is 0.262. The number of piperazine rings is 1. The summed E-state index contributed by atoms with van der Waals surface area (Å²) in [6.07, 6.45) is 4.27. The Balaban J connectivity index is 1.94. The smallest absolute Gasteiger partial charge is 0.311 e. The number of nitrogens with zero attached hydrogens (tertiary/aromatic N) is 2. The zero-order valence-electron chi connectivity index (χ0n) is 13.2. The van der Waals surface area contributed by atoms with E-state index in [9.17, 15) is 14.9 Å². The van der Waals surface area contributed by atoms with Crippen molar-refractivity contribution in [2.45, 2.75) is 44.7 Å². The van der Waals surface area contributed by atoms with Gasteiger partial charge in [-0.1, -0.05) is 12.8 Å². The van der Waals surface area contributed by atoms with E-state index in [-0.39, 0.29) is 36.0 Å². The van der Waals surface area contributed by atoms with E-state index >= 15 is 0 Å². The van der Waals surface area contributed by atoms with E-state index < -0.39 is 4.92 Å². The van der Waals surface area contributed by atoms with Crippen LogP contribution < -0.4 is 15.0 Å². The van der Waals surface area contributed by atoms with E-state index in [0.29, 0.717) is 6.61 Å². The van der Waals surface area contributed by atoms with Gasteiger partial charge in [0.25, 0.3) is 0 Å². The van der Waals surface area contributed by atoms with E-state index in [1.54, 1.807) is 19.1 Å². The third-order valence-electron chi connectivity index (χ3n) is 4.56. The molecule has 23 heavy (non-hydrogen) atoms. The molecule has 1 amide bonds. The highest BCUT2D eigenvalue weighted by Gasteiger charge is 2.37. The van der Waals surface area contributed by atoms with Crippen molar-refractivity contribution in [1.29, 1.82) is 0 Å². The molecule has 2 aliphatic rings. The topological polar surface area (TPSA) is 84.7 Å². The maximum Gasteiger partial charge on any atom is 0.311 e. The van der Waals surface area contributed by atoms with Crippen LogP contribution in [-0.2, 0) is 4.79 Å². The van der Waals surface area contributed by atoms with Gasteiger partial charge >= 0.3 is 5.69 Å². The first-order valence-corrected chi connectivity index (χ1v) is 8.07. The fraction of sp³-hybridized carbons (Fsp3) is 0.562. The summed E-state index contributed by atoms with van der Waals surface area (Å²) >= 11 is 0. The third kappa shape index (κ3) is 3.09. The molecule has 0 bridgehead atoms. The normalized spacial score (nSPS) is 23.9. The number of hydrogen-bond donors (Lipinski definition) is 1. The van der Waals surface area contributed by atoms with Crippen LogP contribution in [0.15, 0.2) is 18.2 Å². The van der Waals surface area contributed by atoms with Gasteiger partial charge in [0.2, 0.25) is 5.91 Å². The number of ether oxygens (including phenoxy) is 1. The van der Waals surface area contributed by atoms with Gasteiger partial charge in [-0.3, -0.25) is 14.9 Å². The molecule has 1 saturated carbocycles. The first-order chi connectivity index (χ1) is 11.1. The van der Waals surface area contributed by atoms with Gasteiger partial charge in [-0.25, -0.2) is 0 Å².